The Morgan fingerprint density at radius 3 is 2.34 bits per heavy atom. The average molecular weight is 446 g/mol. The maximum atomic E-state index is 15.3. The minimum Gasteiger partial charge on any atom is -0.543 e. The summed E-state index contributed by atoms with van der Waals surface area (Å²) in [5, 5.41) is 11.0. The molecule has 0 bridgehead atoms. The molecular weight excluding hydrogens is 431 g/mol. The van der Waals surface area contributed by atoms with Crippen LogP contribution >= 0.6 is 11.6 Å². The zero-order valence-electron chi connectivity index (χ0n) is 16.1. The van der Waals surface area contributed by atoms with E-state index in [1.807, 2.05) is 0 Å². The molecule has 146 valence electrons. The van der Waals surface area contributed by atoms with Crippen LogP contribution in [0.25, 0.3) is 22.2 Å². The number of rotatable bonds is 2. The van der Waals surface area contributed by atoms with Gasteiger partial charge in [0.2, 0.25) is 5.91 Å². The van der Waals surface area contributed by atoms with Gasteiger partial charge < -0.3 is 15.6 Å². The molecule has 0 saturated carbocycles. The molecule has 0 aliphatic carbocycles. The Bertz CT molecular complexity index is 1160. The summed E-state index contributed by atoms with van der Waals surface area (Å²) >= 11 is 5.70. The Hall–Kier alpha value is -1.36. The molecule has 6 nitrogen and oxygen atoms in total. The molecule has 0 amide bonds. The van der Waals surface area contributed by atoms with E-state index in [2.05, 4.69) is 4.98 Å². The molecule has 0 aliphatic heterocycles. The van der Waals surface area contributed by atoms with Crippen molar-refractivity contribution in [3.63, 3.8) is 0 Å². The number of hydrogen-bond acceptors (Lipinski definition) is 5. The third kappa shape index (κ3) is 4.12. The summed E-state index contributed by atoms with van der Waals surface area (Å²) in [5.74, 6) is -4.28. The Morgan fingerprint density at radius 2 is 1.79 bits per heavy atom. The predicted molar refractivity (Wildman–Crippen MR) is 98.9 cm³/mol. The quantitative estimate of drug-likeness (QED) is 0.571. The number of nitrogens with two attached hydrogens (primary N) is 1. The summed E-state index contributed by atoms with van der Waals surface area (Å²) in [4.78, 5) is 27.4. The fourth-order valence-electron chi connectivity index (χ4n) is 2.78. The number of benzene rings is 1. The second-order valence-electron chi connectivity index (χ2n) is 7.24. The molecular formula is C19H15ClF2KN3O3. The number of nitrogens with zero attached hydrogens (tertiary/aromatic N) is 2. The fourth-order valence-corrected chi connectivity index (χ4v) is 2.98. The van der Waals surface area contributed by atoms with Crippen LogP contribution in [0.15, 0.2) is 24.4 Å². The minimum absolute atomic E-state index is 0. The van der Waals surface area contributed by atoms with Gasteiger partial charge in [-0.05, 0) is 12.1 Å². The number of fused-ring (bicyclic) bond motifs is 1. The average Bonchev–Trinajstić information content (AvgIpc) is 3.04. The molecule has 2 heterocycles. The third-order valence-corrected chi connectivity index (χ3v) is 4.60. The van der Waals surface area contributed by atoms with Crippen molar-refractivity contribution in [1.82, 2.24) is 9.55 Å². The molecule has 10 heteroatoms. The molecule has 29 heavy (non-hydrogen) atoms. The molecule has 1 aromatic carbocycles. The zero-order valence-corrected chi connectivity index (χ0v) is 20.0. The molecule has 0 fully saturated rings. The number of anilines is 1. The van der Waals surface area contributed by atoms with E-state index in [0.717, 1.165) is 4.57 Å². The SMILES string of the molecule is CC(C)(C)C(=O)n1ccc2ccc(-c3nc(C(=O)[O-])c(Cl)c(N)c3F)c(F)c21.[K+]. The fraction of sp³-hybridized carbons (Fsp3) is 0.211. The number of aromatic carboxylic acids is 1. The summed E-state index contributed by atoms with van der Waals surface area (Å²) in [5.41, 5.74) is 2.13. The molecule has 3 aromatic rings. The maximum absolute atomic E-state index is 15.3. The van der Waals surface area contributed by atoms with Gasteiger partial charge in [0.05, 0.1) is 22.2 Å². The maximum Gasteiger partial charge on any atom is 1.00 e. The van der Waals surface area contributed by atoms with Gasteiger partial charge in [-0.2, -0.15) is 0 Å². The van der Waals surface area contributed by atoms with Gasteiger partial charge in [-0.25, -0.2) is 13.8 Å². The van der Waals surface area contributed by atoms with Crippen molar-refractivity contribution < 1.29 is 74.9 Å². The smallest absolute Gasteiger partial charge is 0.543 e. The largest absolute Gasteiger partial charge is 1.00 e. The number of hydrogen-bond donors (Lipinski definition) is 1. The molecule has 0 radical (unpaired) electrons. The van der Waals surface area contributed by atoms with Crippen LogP contribution in [0.4, 0.5) is 14.5 Å². The number of aromatic nitrogens is 2. The molecule has 0 aliphatic rings. The van der Waals surface area contributed by atoms with Gasteiger partial charge in [-0.3, -0.25) is 9.36 Å². The van der Waals surface area contributed by atoms with E-state index in [9.17, 15) is 19.1 Å². The first-order chi connectivity index (χ1) is 12.9. The van der Waals surface area contributed by atoms with Crippen molar-refractivity contribution in [3.05, 3.63) is 46.7 Å². The van der Waals surface area contributed by atoms with E-state index in [1.54, 1.807) is 26.8 Å². The van der Waals surface area contributed by atoms with Crippen LogP contribution in [-0.4, -0.2) is 21.4 Å². The molecule has 2 aromatic heterocycles. The second-order valence-corrected chi connectivity index (χ2v) is 7.62. The number of nitrogen functional groups attached to an aromatic ring is 1. The predicted octanol–water partition coefficient (Wildman–Crippen LogP) is 0.271. The Labute approximate surface area is 212 Å². The monoisotopic (exact) mass is 445 g/mol. The normalized spacial score (nSPS) is 11.4. The first kappa shape index (κ1) is 23.9. The summed E-state index contributed by atoms with van der Waals surface area (Å²) < 4.78 is 31.1. The Kier molecular flexibility index (Phi) is 6.93. The van der Waals surface area contributed by atoms with Crippen molar-refractivity contribution in [2.75, 3.05) is 5.73 Å². The van der Waals surface area contributed by atoms with Gasteiger partial charge in [0.25, 0.3) is 0 Å². The van der Waals surface area contributed by atoms with Gasteiger partial charge in [-0.15, -0.1) is 0 Å². The summed E-state index contributed by atoms with van der Waals surface area (Å²) in [6.07, 6.45) is 1.41. The number of carboxylic acids is 1. The number of carboxylic acid groups (broad SMARTS) is 1. The molecule has 3 rings (SSSR count). The van der Waals surface area contributed by atoms with Gasteiger partial charge in [-0.1, -0.05) is 38.4 Å². The number of pyridine rings is 1. The zero-order chi connectivity index (χ0) is 21.0. The summed E-state index contributed by atoms with van der Waals surface area (Å²) in [6, 6.07) is 4.23. The van der Waals surface area contributed by atoms with Crippen LogP contribution in [0, 0.1) is 17.0 Å². The van der Waals surface area contributed by atoms with Gasteiger partial charge in [0, 0.05) is 22.6 Å². The number of carbonyl (C=O) groups excluding carboxylic acids is 2. The van der Waals surface area contributed by atoms with E-state index in [1.165, 1.54) is 18.3 Å². The van der Waals surface area contributed by atoms with Crippen molar-refractivity contribution in [3.8, 4) is 11.3 Å². The van der Waals surface area contributed by atoms with Crippen molar-refractivity contribution >= 4 is 40.1 Å². The van der Waals surface area contributed by atoms with E-state index in [0.29, 0.717) is 5.39 Å². The molecule has 0 atom stereocenters. The van der Waals surface area contributed by atoms with Crippen LogP contribution < -0.4 is 62.2 Å². The number of halogens is 3. The first-order valence-corrected chi connectivity index (χ1v) is 8.53. The standard InChI is InChI=1S/C19H16ClF2N3O3.K/c1-19(2,3)18(28)25-7-6-8-4-5-9(11(21)16(8)25)14-12(22)13(23)10(20)15(24-14)17(26)27;/h4-7H,1-3H3,(H2,23,24)(H,26,27);/q;+1/p-1. The topological polar surface area (TPSA) is 101 Å². The molecule has 2 N–H and O–H groups in total. The van der Waals surface area contributed by atoms with Crippen molar-refractivity contribution in [1.29, 1.82) is 0 Å². The minimum atomic E-state index is -1.79. The van der Waals surface area contributed by atoms with E-state index in [4.69, 9.17) is 17.3 Å². The first-order valence-electron chi connectivity index (χ1n) is 8.15. The van der Waals surface area contributed by atoms with E-state index >= 15 is 4.39 Å². The second kappa shape index (κ2) is 8.41. The Morgan fingerprint density at radius 1 is 1.17 bits per heavy atom. The molecule has 0 spiro atoms. The summed E-state index contributed by atoms with van der Waals surface area (Å²) in [6.45, 7) is 5.03. The molecule has 0 unspecified atom stereocenters. The third-order valence-electron chi connectivity index (χ3n) is 4.21. The number of carbonyl (C=O) groups is 2. The van der Waals surface area contributed by atoms with E-state index < -0.39 is 45.1 Å². The van der Waals surface area contributed by atoms with Gasteiger partial charge >= 0.3 is 51.4 Å². The van der Waals surface area contributed by atoms with Gasteiger partial charge in [0.1, 0.15) is 11.4 Å². The van der Waals surface area contributed by atoms with Crippen LogP contribution in [0.1, 0.15) is 36.1 Å². The van der Waals surface area contributed by atoms with E-state index in [-0.39, 0.29) is 68.4 Å². The van der Waals surface area contributed by atoms with Crippen LogP contribution in [-0.2, 0) is 0 Å². The Balaban J connectivity index is 0.00000300. The van der Waals surface area contributed by atoms with Crippen molar-refractivity contribution in [2.45, 2.75) is 20.8 Å². The van der Waals surface area contributed by atoms with Crippen LogP contribution in [0.5, 0.6) is 0 Å². The molecule has 0 saturated heterocycles. The van der Waals surface area contributed by atoms with Crippen LogP contribution in [0.2, 0.25) is 5.02 Å². The van der Waals surface area contributed by atoms with Crippen LogP contribution in [0.3, 0.4) is 0 Å². The summed E-state index contributed by atoms with van der Waals surface area (Å²) in [7, 11) is 0. The van der Waals surface area contributed by atoms with Gasteiger partial charge in [0.15, 0.2) is 11.6 Å². The van der Waals surface area contributed by atoms with Crippen molar-refractivity contribution in [2.24, 2.45) is 5.41 Å².